The van der Waals surface area contributed by atoms with E-state index in [4.69, 9.17) is 9.15 Å². The van der Waals surface area contributed by atoms with Gasteiger partial charge < -0.3 is 9.15 Å². The molecule has 3 heteroatoms. The van der Waals surface area contributed by atoms with Gasteiger partial charge in [0.15, 0.2) is 0 Å². The fourth-order valence-corrected chi connectivity index (χ4v) is 2.29. The molecular weight excluding hydrogens is 252 g/mol. The summed E-state index contributed by atoms with van der Waals surface area (Å²) >= 11 is 0. The van der Waals surface area contributed by atoms with Gasteiger partial charge in [0, 0.05) is 0 Å². The summed E-state index contributed by atoms with van der Waals surface area (Å²) in [7, 11) is 1.59. The van der Waals surface area contributed by atoms with Gasteiger partial charge in [0.2, 0.25) is 5.43 Å². The van der Waals surface area contributed by atoms with Crippen LogP contribution in [0.4, 0.5) is 0 Å². The van der Waals surface area contributed by atoms with Gasteiger partial charge in [-0.3, -0.25) is 4.79 Å². The van der Waals surface area contributed by atoms with Crippen molar-refractivity contribution in [1.82, 2.24) is 0 Å². The monoisotopic (exact) mass is 266 g/mol. The number of fused-ring (bicyclic) bond motifs is 1. The third kappa shape index (κ3) is 1.97. The summed E-state index contributed by atoms with van der Waals surface area (Å²) in [4.78, 5) is 12.6. The number of benzene rings is 2. The standard InChI is InChI=1S/C17H14O3/c1-11-8-16-13(9-15(11)19-2)17(18)14(10-20-16)12-6-4-3-5-7-12/h3-10H,1-2H3. The molecule has 3 nitrogen and oxygen atoms in total. The zero-order valence-corrected chi connectivity index (χ0v) is 11.3. The summed E-state index contributed by atoms with van der Waals surface area (Å²) in [5.41, 5.74) is 2.88. The Bertz CT molecular complexity index is 817. The van der Waals surface area contributed by atoms with E-state index in [0.29, 0.717) is 22.3 Å². The van der Waals surface area contributed by atoms with Crippen LogP contribution in [-0.4, -0.2) is 7.11 Å². The lowest BCUT2D eigenvalue weighted by molar-refractivity contribution is 0.412. The second-order valence-electron chi connectivity index (χ2n) is 4.66. The second kappa shape index (κ2) is 4.85. The molecule has 0 atom stereocenters. The lowest BCUT2D eigenvalue weighted by atomic mass is 10.0. The van der Waals surface area contributed by atoms with E-state index in [1.165, 1.54) is 6.26 Å². The van der Waals surface area contributed by atoms with Crippen molar-refractivity contribution in [3.8, 4) is 16.9 Å². The molecule has 0 unspecified atom stereocenters. The van der Waals surface area contributed by atoms with Crippen LogP contribution in [0.1, 0.15) is 5.56 Å². The van der Waals surface area contributed by atoms with Crippen molar-refractivity contribution in [2.45, 2.75) is 6.92 Å². The highest BCUT2D eigenvalue weighted by Crippen LogP contribution is 2.25. The lowest BCUT2D eigenvalue weighted by Gasteiger charge is -2.07. The van der Waals surface area contributed by atoms with Crippen molar-refractivity contribution in [2.24, 2.45) is 0 Å². The molecule has 0 bridgehead atoms. The van der Waals surface area contributed by atoms with Gasteiger partial charge in [-0.1, -0.05) is 30.3 Å². The maximum atomic E-state index is 12.6. The van der Waals surface area contributed by atoms with Crippen LogP contribution in [-0.2, 0) is 0 Å². The number of ether oxygens (including phenoxy) is 1. The molecule has 0 radical (unpaired) electrons. The fraction of sp³-hybridized carbons (Fsp3) is 0.118. The molecule has 0 N–H and O–H groups in total. The fourth-order valence-electron chi connectivity index (χ4n) is 2.29. The molecule has 0 aliphatic carbocycles. The van der Waals surface area contributed by atoms with E-state index in [9.17, 15) is 4.79 Å². The zero-order chi connectivity index (χ0) is 14.1. The van der Waals surface area contributed by atoms with Crippen molar-refractivity contribution in [1.29, 1.82) is 0 Å². The molecule has 3 aromatic rings. The van der Waals surface area contributed by atoms with Crippen molar-refractivity contribution in [2.75, 3.05) is 7.11 Å². The van der Waals surface area contributed by atoms with Gasteiger partial charge in [-0.05, 0) is 30.2 Å². The molecular formula is C17H14O3. The topological polar surface area (TPSA) is 39.4 Å². The Hall–Kier alpha value is -2.55. The highest BCUT2D eigenvalue weighted by molar-refractivity contribution is 5.83. The number of hydrogen-bond acceptors (Lipinski definition) is 3. The molecule has 0 amide bonds. The highest BCUT2D eigenvalue weighted by atomic mass is 16.5. The maximum absolute atomic E-state index is 12.6. The molecule has 100 valence electrons. The summed E-state index contributed by atoms with van der Waals surface area (Å²) in [6, 6.07) is 13.1. The molecule has 0 saturated heterocycles. The van der Waals surface area contributed by atoms with Crippen molar-refractivity contribution < 1.29 is 9.15 Å². The van der Waals surface area contributed by atoms with E-state index in [-0.39, 0.29) is 5.43 Å². The Morgan fingerprint density at radius 2 is 1.85 bits per heavy atom. The SMILES string of the molecule is COc1cc2c(=O)c(-c3ccccc3)coc2cc1C. The number of rotatable bonds is 2. The number of hydrogen-bond donors (Lipinski definition) is 0. The van der Waals surface area contributed by atoms with Gasteiger partial charge in [0.25, 0.3) is 0 Å². The van der Waals surface area contributed by atoms with E-state index in [2.05, 4.69) is 0 Å². The van der Waals surface area contributed by atoms with Crippen LogP contribution in [0, 0.1) is 6.92 Å². The van der Waals surface area contributed by atoms with Gasteiger partial charge in [0.05, 0.1) is 18.1 Å². The van der Waals surface area contributed by atoms with Crippen LogP contribution in [0.15, 0.2) is 57.9 Å². The van der Waals surface area contributed by atoms with Gasteiger partial charge in [0.1, 0.15) is 17.6 Å². The summed E-state index contributed by atoms with van der Waals surface area (Å²) in [6.45, 7) is 1.92. The number of methoxy groups -OCH3 is 1. The third-order valence-electron chi connectivity index (χ3n) is 3.37. The first-order valence-electron chi connectivity index (χ1n) is 6.36. The highest BCUT2D eigenvalue weighted by Gasteiger charge is 2.11. The van der Waals surface area contributed by atoms with Gasteiger partial charge in [-0.2, -0.15) is 0 Å². The zero-order valence-electron chi connectivity index (χ0n) is 11.3. The molecule has 0 spiro atoms. The second-order valence-corrected chi connectivity index (χ2v) is 4.66. The first-order chi connectivity index (χ1) is 9.70. The molecule has 1 heterocycles. The molecule has 0 aliphatic heterocycles. The number of aryl methyl sites for hydroxylation is 1. The summed E-state index contributed by atoms with van der Waals surface area (Å²) in [5, 5.41) is 0.536. The van der Waals surface area contributed by atoms with Gasteiger partial charge in [-0.25, -0.2) is 0 Å². The normalized spacial score (nSPS) is 10.7. The Morgan fingerprint density at radius 1 is 1.10 bits per heavy atom. The molecule has 0 fully saturated rings. The van der Waals surface area contributed by atoms with Crippen LogP contribution in [0.3, 0.4) is 0 Å². The predicted molar refractivity (Wildman–Crippen MR) is 79.2 cm³/mol. The van der Waals surface area contributed by atoms with Crippen LogP contribution in [0.2, 0.25) is 0 Å². The van der Waals surface area contributed by atoms with E-state index in [1.807, 2.05) is 43.3 Å². The van der Waals surface area contributed by atoms with Crippen LogP contribution >= 0.6 is 0 Å². The maximum Gasteiger partial charge on any atom is 0.200 e. The summed E-state index contributed by atoms with van der Waals surface area (Å²) < 4.78 is 10.9. The smallest absolute Gasteiger partial charge is 0.200 e. The largest absolute Gasteiger partial charge is 0.496 e. The third-order valence-corrected chi connectivity index (χ3v) is 3.37. The Balaban J connectivity index is 2.31. The molecule has 3 rings (SSSR count). The van der Waals surface area contributed by atoms with E-state index < -0.39 is 0 Å². The minimum atomic E-state index is -0.0456. The average Bonchev–Trinajstić information content (AvgIpc) is 2.48. The van der Waals surface area contributed by atoms with E-state index in [0.717, 1.165) is 11.1 Å². The predicted octanol–water partition coefficient (Wildman–Crippen LogP) is 3.78. The van der Waals surface area contributed by atoms with Crippen LogP contribution in [0.5, 0.6) is 5.75 Å². The van der Waals surface area contributed by atoms with Crippen molar-refractivity contribution in [3.05, 3.63) is 64.5 Å². The lowest BCUT2D eigenvalue weighted by Crippen LogP contribution is -2.05. The van der Waals surface area contributed by atoms with Crippen molar-refractivity contribution in [3.63, 3.8) is 0 Å². The van der Waals surface area contributed by atoms with Crippen LogP contribution in [0.25, 0.3) is 22.1 Å². The minimum Gasteiger partial charge on any atom is -0.496 e. The first kappa shape index (κ1) is 12.5. The van der Waals surface area contributed by atoms with Gasteiger partial charge >= 0.3 is 0 Å². The minimum absolute atomic E-state index is 0.0456. The van der Waals surface area contributed by atoms with Crippen LogP contribution < -0.4 is 10.2 Å². The molecule has 0 aliphatic rings. The molecule has 1 aromatic heterocycles. The Labute approximate surface area is 116 Å². The summed E-state index contributed by atoms with van der Waals surface area (Å²) in [5.74, 6) is 0.690. The molecule has 2 aromatic carbocycles. The Morgan fingerprint density at radius 3 is 2.55 bits per heavy atom. The van der Waals surface area contributed by atoms with Gasteiger partial charge in [-0.15, -0.1) is 0 Å². The summed E-state index contributed by atoms with van der Waals surface area (Å²) in [6.07, 6.45) is 1.52. The van der Waals surface area contributed by atoms with Crippen molar-refractivity contribution >= 4 is 11.0 Å². The average molecular weight is 266 g/mol. The molecule has 20 heavy (non-hydrogen) atoms. The first-order valence-corrected chi connectivity index (χ1v) is 6.36. The quantitative estimate of drug-likeness (QED) is 0.708. The molecule has 0 saturated carbocycles. The van der Waals surface area contributed by atoms with E-state index in [1.54, 1.807) is 13.2 Å². The van der Waals surface area contributed by atoms with E-state index >= 15 is 0 Å². The Kier molecular flexibility index (Phi) is 3.03.